The van der Waals surface area contributed by atoms with Crippen molar-refractivity contribution < 1.29 is 19.1 Å². The number of likely N-dealkylation sites (tertiary alicyclic amines) is 1. The van der Waals surface area contributed by atoms with Crippen LogP contribution in [-0.2, 0) is 11.3 Å². The number of hydrogen-bond donors (Lipinski definition) is 3. The fourth-order valence-corrected chi connectivity index (χ4v) is 4.69. The van der Waals surface area contributed by atoms with Crippen LogP contribution in [-0.4, -0.2) is 29.1 Å². The third-order valence-corrected chi connectivity index (χ3v) is 6.03. The summed E-state index contributed by atoms with van der Waals surface area (Å²) in [5.74, 6) is 1.53. The SMILES string of the molecule is COc1cccc(C2C3C(NNC3c3ccccc3O)C(=O)N2Cc2ccco2)c1. The van der Waals surface area contributed by atoms with E-state index in [4.69, 9.17) is 9.15 Å². The van der Waals surface area contributed by atoms with Gasteiger partial charge in [0, 0.05) is 11.5 Å². The number of aromatic hydroxyl groups is 1. The molecule has 2 saturated heterocycles. The fourth-order valence-electron chi connectivity index (χ4n) is 4.69. The van der Waals surface area contributed by atoms with E-state index in [1.165, 1.54) is 0 Å². The summed E-state index contributed by atoms with van der Waals surface area (Å²) in [6.45, 7) is 0.371. The van der Waals surface area contributed by atoms with E-state index < -0.39 is 6.04 Å². The van der Waals surface area contributed by atoms with Gasteiger partial charge in [-0.1, -0.05) is 30.3 Å². The second-order valence-electron chi connectivity index (χ2n) is 7.65. The summed E-state index contributed by atoms with van der Waals surface area (Å²) < 4.78 is 11.0. The first-order valence-electron chi connectivity index (χ1n) is 9.93. The largest absolute Gasteiger partial charge is 0.508 e. The molecule has 1 amide bonds. The lowest BCUT2D eigenvalue weighted by molar-refractivity contribution is -0.131. The Morgan fingerprint density at radius 3 is 2.67 bits per heavy atom. The number of para-hydroxylation sites is 1. The number of hydrogen-bond acceptors (Lipinski definition) is 6. The van der Waals surface area contributed by atoms with Gasteiger partial charge in [0.2, 0.25) is 5.91 Å². The smallest absolute Gasteiger partial charge is 0.242 e. The highest BCUT2D eigenvalue weighted by atomic mass is 16.5. The van der Waals surface area contributed by atoms with Crippen molar-refractivity contribution in [3.8, 4) is 11.5 Å². The van der Waals surface area contributed by atoms with Gasteiger partial charge in [0.15, 0.2) is 0 Å². The minimum absolute atomic E-state index is 0.00496. The maximum atomic E-state index is 13.4. The molecule has 2 aliphatic heterocycles. The lowest BCUT2D eigenvalue weighted by Gasteiger charge is -2.31. The van der Waals surface area contributed by atoms with E-state index in [2.05, 4.69) is 10.9 Å². The zero-order valence-corrected chi connectivity index (χ0v) is 16.5. The molecule has 0 spiro atoms. The topological polar surface area (TPSA) is 87.0 Å². The second kappa shape index (κ2) is 7.51. The summed E-state index contributed by atoms with van der Waals surface area (Å²) in [5, 5.41) is 10.5. The van der Waals surface area contributed by atoms with Crippen molar-refractivity contribution in [1.82, 2.24) is 15.8 Å². The van der Waals surface area contributed by atoms with E-state index >= 15 is 0 Å². The number of phenolic OH excluding ortho intramolecular Hbond substituents is 1. The Morgan fingerprint density at radius 2 is 1.90 bits per heavy atom. The number of carbonyl (C=O) groups is 1. The molecule has 1 aromatic heterocycles. The Labute approximate surface area is 174 Å². The molecule has 0 saturated carbocycles. The minimum Gasteiger partial charge on any atom is -0.508 e. The van der Waals surface area contributed by atoms with Crippen molar-refractivity contribution in [3.63, 3.8) is 0 Å². The van der Waals surface area contributed by atoms with Crippen LogP contribution >= 0.6 is 0 Å². The van der Waals surface area contributed by atoms with Crippen LogP contribution < -0.4 is 15.6 Å². The zero-order chi connectivity index (χ0) is 20.7. The normalized spacial score (nSPS) is 25.5. The van der Waals surface area contributed by atoms with Gasteiger partial charge < -0.3 is 19.2 Å². The molecule has 2 aliphatic rings. The maximum absolute atomic E-state index is 13.4. The monoisotopic (exact) mass is 405 g/mol. The maximum Gasteiger partial charge on any atom is 0.242 e. The highest BCUT2D eigenvalue weighted by Gasteiger charge is 2.56. The van der Waals surface area contributed by atoms with E-state index in [0.717, 1.165) is 22.6 Å². The molecule has 30 heavy (non-hydrogen) atoms. The highest BCUT2D eigenvalue weighted by Crippen LogP contribution is 2.49. The van der Waals surface area contributed by atoms with Crippen LogP contribution in [0.5, 0.6) is 11.5 Å². The van der Waals surface area contributed by atoms with E-state index in [9.17, 15) is 9.90 Å². The number of nitrogens with one attached hydrogen (secondary N) is 2. The average Bonchev–Trinajstić information content (AvgIpc) is 3.48. The van der Waals surface area contributed by atoms with E-state index in [1.54, 1.807) is 25.5 Å². The van der Waals surface area contributed by atoms with Gasteiger partial charge in [-0.05, 0) is 35.9 Å². The number of fused-ring (bicyclic) bond motifs is 1. The first kappa shape index (κ1) is 18.7. The van der Waals surface area contributed by atoms with E-state index in [-0.39, 0.29) is 29.7 Å². The van der Waals surface area contributed by atoms with Crippen molar-refractivity contribution in [2.24, 2.45) is 5.92 Å². The van der Waals surface area contributed by atoms with Gasteiger partial charge in [-0.3, -0.25) is 4.79 Å². The molecule has 7 nitrogen and oxygen atoms in total. The molecule has 154 valence electrons. The Balaban J connectivity index is 1.59. The molecule has 4 atom stereocenters. The van der Waals surface area contributed by atoms with Crippen LogP contribution in [0.25, 0.3) is 0 Å². The lowest BCUT2D eigenvalue weighted by atomic mass is 9.83. The Kier molecular flexibility index (Phi) is 4.69. The van der Waals surface area contributed by atoms with E-state index in [1.807, 2.05) is 53.4 Å². The Bertz CT molecular complexity index is 1050. The van der Waals surface area contributed by atoms with Crippen molar-refractivity contribution in [2.45, 2.75) is 24.7 Å². The molecule has 5 rings (SSSR count). The van der Waals surface area contributed by atoms with Gasteiger partial charge in [-0.15, -0.1) is 0 Å². The van der Waals surface area contributed by atoms with E-state index in [0.29, 0.717) is 6.54 Å². The summed E-state index contributed by atoms with van der Waals surface area (Å²) in [4.78, 5) is 15.3. The number of hydrazine groups is 1. The van der Waals surface area contributed by atoms with Crippen LogP contribution in [0.15, 0.2) is 71.3 Å². The summed E-state index contributed by atoms with van der Waals surface area (Å²) in [5.41, 5.74) is 8.15. The second-order valence-corrected chi connectivity index (χ2v) is 7.65. The Hall–Kier alpha value is -3.29. The number of phenols is 1. The molecule has 4 unspecified atom stereocenters. The number of methoxy groups -OCH3 is 1. The molecule has 3 N–H and O–H groups in total. The fraction of sp³-hybridized carbons (Fsp3) is 0.261. The number of rotatable bonds is 5. The van der Waals surface area contributed by atoms with Crippen molar-refractivity contribution in [1.29, 1.82) is 0 Å². The molecule has 3 aromatic rings. The molecule has 7 heteroatoms. The summed E-state index contributed by atoms with van der Waals surface area (Å²) >= 11 is 0. The van der Waals surface area contributed by atoms with Crippen molar-refractivity contribution in [3.05, 3.63) is 83.8 Å². The molecule has 0 aliphatic carbocycles. The van der Waals surface area contributed by atoms with Gasteiger partial charge >= 0.3 is 0 Å². The molecule has 3 heterocycles. The number of amides is 1. The molecule has 0 bridgehead atoms. The van der Waals surface area contributed by atoms with Crippen molar-refractivity contribution in [2.75, 3.05) is 7.11 Å². The number of nitrogens with zero attached hydrogens (tertiary/aromatic N) is 1. The van der Waals surface area contributed by atoms with Crippen LogP contribution in [0.4, 0.5) is 0 Å². The summed E-state index contributed by atoms with van der Waals surface area (Å²) in [6, 6.07) is 17.9. The molecular weight excluding hydrogens is 382 g/mol. The summed E-state index contributed by atoms with van der Waals surface area (Å²) in [7, 11) is 1.63. The standard InChI is InChI=1S/C23H23N3O4/c1-29-15-7-4-6-14(12-15)22-19-20(17-9-2-3-10-18(17)27)24-25-21(19)23(28)26(22)13-16-8-5-11-30-16/h2-12,19-22,24-25,27H,13H2,1H3. The highest BCUT2D eigenvalue weighted by molar-refractivity contribution is 5.86. The molecule has 2 aromatic carbocycles. The van der Waals surface area contributed by atoms with Crippen LogP contribution in [0, 0.1) is 5.92 Å². The minimum atomic E-state index is -0.416. The average molecular weight is 405 g/mol. The quantitative estimate of drug-likeness (QED) is 0.605. The van der Waals surface area contributed by atoms with Gasteiger partial charge in [0.05, 0.1) is 32.0 Å². The van der Waals surface area contributed by atoms with Gasteiger partial charge in [-0.2, -0.15) is 0 Å². The Morgan fingerprint density at radius 1 is 1.07 bits per heavy atom. The first-order chi connectivity index (χ1) is 14.7. The first-order valence-corrected chi connectivity index (χ1v) is 9.93. The predicted molar refractivity (Wildman–Crippen MR) is 109 cm³/mol. The predicted octanol–water partition coefficient (Wildman–Crippen LogP) is 2.91. The number of ether oxygens (including phenoxy) is 1. The third kappa shape index (κ3) is 3.03. The summed E-state index contributed by atoms with van der Waals surface area (Å²) in [6.07, 6.45) is 1.61. The number of benzene rings is 2. The third-order valence-electron chi connectivity index (χ3n) is 6.03. The van der Waals surface area contributed by atoms with Gasteiger partial charge in [-0.25, -0.2) is 10.9 Å². The number of carbonyl (C=O) groups excluding carboxylic acids is 1. The molecule has 2 fully saturated rings. The lowest BCUT2D eigenvalue weighted by Crippen LogP contribution is -2.41. The number of furan rings is 1. The van der Waals surface area contributed by atoms with Crippen LogP contribution in [0.3, 0.4) is 0 Å². The van der Waals surface area contributed by atoms with Crippen molar-refractivity contribution >= 4 is 5.91 Å². The van der Waals surface area contributed by atoms with Crippen LogP contribution in [0.2, 0.25) is 0 Å². The van der Waals surface area contributed by atoms with Gasteiger partial charge in [0.1, 0.15) is 23.3 Å². The van der Waals surface area contributed by atoms with Crippen LogP contribution in [0.1, 0.15) is 29.0 Å². The van der Waals surface area contributed by atoms with Gasteiger partial charge in [0.25, 0.3) is 0 Å². The zero-order valence-electron chi connectivity index (χ0n) is 16.5. The molecule has 0 radical (unpaired) electrons. The molecular formula is C23H23N3O4.